The summed E-state index contributed by atoms with van der Waals surface area (Å²) in [6.45, 7) is 0. The lowest BCUT2D eigenvalue weighted by atomic mass is 9.79. The van der Waals surface area contributed by atoms with E-state index in [1.165, 1.54) is 19.4 Å². The fourth-order valence-corrected chi connectivity index (χ4v) is 3.70. The van der Waals surface area contributed by atoms with Gasteiger partial charge in [0, 0.05) is 17.3 Å². The Kier molecular flexibility index (Phi) is 5.43. The summed E-state index contributed by atoms with van der Waals surface area (Å²) in [4.78, 5) is 29.0. The second-order valence-corrected chi connectivity index (χ2v) is 6.58. The van der Waals surface area contributed by atoms with Crippen molar-refractivity contribution in [1.82, 2.24) is 10.3 Å². The summed E-state index contributed by atoms with van der Waals surface area (Å²) in [5.74, 6) is -3.03. The van der Waals surface area contributed by atoms with Crippen LogP contribution in [0.15, 0.2) is 48.7 Å². The molecule has 1 saturated heterocycles. The van der Waals surface area contributed by atoms with Crippen molar-refractivity contribution >= 4 is 23.5 Å². The van der Waals surface area contributed by atoms with Gasteiger partial charge in [-0.2, -0.15) is 0 Å². The molecule has 2 heterocycles. The molecule has 0 aliphatic carbocycles. The first-order chi connectivity index (χ1) is 12.9. The molecule has 1 N–H and O–H groups in total. The van der Waals surface area contributed by atoms with Crippen molar-refractivity contribution in [3.8, 4) is 0 Å². The van der Waals surface area contributed by atoms with Gasteiger partial charge in [-0.3, -0.25) is 19.9 Å². The van der Waals surface area contributed by atoms with E-state index in [9.17, 15) is 9.59 Å². The Balaban J connectivity index is 2.19. The quantitative estimate of drug-likeness (QED) is 0.806. The number of carbonyl (C=O) groups is 2. The Morgan fingerprint density at radius 3 is 2.48 bits per heavy atom. The lowest BCUT2D eigenvalue weighted by Crippen LogP contribution is -2.48. The number of halogens is 2. The van der Waals surface area contributed by atoms with Crippen LogP contribution in [0.1, 0.15) is 17.3 Å². The molecular formula is C19H18ClFN2O4. The van der Waals surface area contributed by atoms with Gasteiger partial charge in [0.1, 0.15) is 12.0 Å². The number of alkyl halides is 1. The lowest BCUT2D eigenvalue weighted by Gasteiger charge is -2.29. The molecule has 1 aliphatic rings. The fourth-order valence-electron chi connectivity index (χ4n) is 3.50. The maximum Gasteiger partial charge on any atom is 0.326 e. The monoisotopic (exact) mass is 392 g/mol. The summed E-state index contributed by atoms with van der Waals surface area (Å²) in [5.41, 5.74) is -2.00. The van der Waals surface area contributed by atoms with E-state index in [-0.39, 0.29) is 5.69 Å². The van der Waals surface area contributed by atoms with Gasteiger partial charge in [0.15, 0.2) is 5.67 Å². The van der Waals surface area contributed by atoms with E-state index in [0.717, 1.165) is 7.11 Å². The normalized spacial score (nSPS) is 27.2. The van der Waals surface area contributed by atoms with Crippen molar-refractivity contribution in [1.29, 1.82) is 0 Å². The minimum Gasteiger partial charge on any atom is -0.469 e. The first kappa shape index (κ1) is 19.3. The van der Waals surface area contributed by atoms with Crippen LogP contribution in [0.5, 0.6) is 0 Å². The number of nitrogens with one attached hydrogen (secondary N) is 1. The van der Waals surface area contributed by atoms with Crippen LogP contribution in [0.4, 0.5) is 4.39 Å². The smallest absolute Gasteiger partial charge is 0.326 e. The highest BCUT2D eigenvalue weighted by Crippen LogP contribution is 2.50. The molecule has 1 aliphatic heterocycles. The third kappa shape index (κ3) is 3.28. The largest absolute Gasteiger partial charge is 0.469 e. The molecule has 4 atom stereocenters. The molecule has 1 aromatic carbocycles. The predicted octanol–water partition coefficient (Wildman–Crippen LogP) is 2.58. The van der Waals surface area contributed by atoms with Crippen LogP contribution >= 0.6 is 11.6 Å². The zero-order chi connectivity index (χ0) is 19.6. The highest BCUT2D eigenvalue weighted by atomic mass is 35.5. The number of pyridine rings is 1. The maximum absolute atomic E-state index is 16.5. The number of carbonyl (C=O) groups excluding carboxylic acids is 2. The molecule has 3 rings (SSSR count). The number of rotatable bonds is 4. The van der Waals surface area contributed by atoms with Gasteiger partial charge in [-0.1, -0.05) is 29.8 Å². The van der Waals surface area contributed by atoms with Crippen LogP contribution in [0.2, 0.25) is 5.02 Å². The number of nitrogens with zero attached hydrogens (tertiary/aromatic N) is 1. The summed E-state index contributed by atoms with van der Waals surface area (Å²) in [6, 6.07) is 8.94. The van der Waals surface area contributed by atoms with Gasteiger partial charge in [0.25, 0.3) is 0 Å². The Bertz CT molecular complexity index is 851. The molecule has 2 aromatic rings. The number of hydrogen-bond donors (Lipinski definition) is 1. The number of hydrogen-bond acceptors (Lipinski definition) is 6. The van der Waals surface area contributed by atoms with E-state index < -0.39 is 35.6 Å². The standard InChI is InChI=1S/C19H18ClFN2O4/c1-26-17(24)14-15(11-6-5-7-12(20)10-11)23-16(18(25)27-2)19(14,21)13-8-3-4-9-22-13/h3-10,14-16,23H,1-2H3/t14-,15-,16+,19+/m1/s1. The Hall–Kier alpha value is -2.51. The van der Waals surface area contributed by atoms with Crippen molar-refractivity contribution in [2.24, 2.45) is 5.92 Å². The lowest BCUT2D eigenvalue weighted by molar-refractivity contribution is -0.154. The van der Waals surface area contributed by atoms with Crippen LogP contribution < -0.4 is 5.32 Å². The number of benzene rings is 1. The van der Waals surface area contributed by atoms with E-state index in [4.69, 9.17) is 21.1 Å². The molecule has 1 fully saturated rings. The van der Waals surface area contributed by atoms with Crippen LogP contribution in [-0.4, -0.2) is 37.2 Å². The van der Waals surface area contributed by atoms with E-state index in [1.54, 1.807) is 36.4 Å². The van der Waals surface area contributed by atoms with Crippen molar-refractivity contribution in [2.75, 3.05) is 14.2 Å². The number of esters is 2. The molecule has 0 unspecified atom stereocenters. The Morgan fingerprint density at radius 1 is 1.15 bits per heavy atom. The molecule has 6 nitrogen and oxygen atoms in total. The first-order valence-electron chi connectivity index (χ1n) is 8.21. The number of aromatic nitrogens is 1. The van der Waals surface area contributed by atoms with Gasteiger partial charge in [0.2, 0.25) is 0 Å². The topological polar surface area (TPSA) is 77.5 Å². The van der Waals surface area contributed by atoms with Crippen molar-refractivity contribution < 1.29 is 23.5 Å². The van der Waals surface area contributed by atoms with Crippen molar-refractivity contribution in [3.63, 3.8) is 0 Å². The van der Waals surface area contributed by atoms with E-state index >= 15 is 4.39 Å². The molecule has 0 bridgehead atoms. The molecule has 142 valence electrons. The third-order valence-corrected chi connectivity index (χ3v) is 4.94. The third-order valence-electron chi connectivity index (χ3n) is 4.71. The van der Waals surface area contributed by atoms with Gasteiger partial charge in [0.05, 0.1) is 19.9 Å². The second kappa shape index (κ2) is 7.62. The fraction of sp³-hybridized carbons (Fsp3) is 0.316. The average Bonchev–Trinajstić information content (AvgIpc) is 3.02. The van der Waals surface area contributed by atoms with Crippen molar-refractivity contribution in [3.05, 3.63) is 64.9 Å². The molecule has 27 heavy (non-hydrogen) atoms. The van der Waals surface area contributed by atoms with E-state index in [0.29, 0.717) is 10.6 Å². The predicted molar refractivity (Wildman–Crippen MR) is 95.7 cm³/mol. The SMILES string of the molecule is COC(=O)[C@@H]1N[C@H](c2cccc(Cl)c2)[C@H](C(=O)OC)[C@@]1(F)c1ccccn1. The van der Waals surface area contributed by atoms with E-state index in [2.05, 4.69) is 10.3 Å². The Morgan fingerprint density at radius 2 is 1.89 bits per heavy atom. The Labute approximate surface area is 160 Å². The van der Waals surface area contributed by atoms with Gasteiger partial charge in [-0.15, -0.1) is 0 Å². The minimum absolute atomic E-state index is 0.0622. The summed E-state index contributed by atoms with van der Waals surface area (Å²) in [5, 5.41) is 3.31. The average molecular weight is 393 g/mol. The summed E-state index contributed by atoms with van der Waals surface area (Å²) in [6.07, 6.45) is 1.39. The molecule has 0 saturated carbocycles. The highest BCUT2D eigenvalue weighted by molar-refractivity contribution is 6.30. The molecule has 0 amide bonds. The van der Waals surface area contributed by atoms with Crippen LogP contribution in [0.3, 0.4) is 0 Å². The molecule has 8 heteroatoms. The first-order valence-corrected chi connectivity index (χ1v) is 8.58. The van der Waals surface area contributed by atoms with Gasteiger partial charge < -0.3 is 9.47 Å². The maximum atomic E-state index is 16.5. The van der Waals surface area contributed by atoms with Gasteiger partial charge in [-0.25, -0.2) is 4.39 Å². The van der Waals surface area contributed by atoms with Gasteiger partial charge in [-0.05, 0) is 29.8 Å². The highest BCUT2D eigenvalue weighted by Gasteiger charge is 2.64. The molecule has 1 aromatic heterocycles. The van der Waals surface area contributed by atoms with E-state index in [1.807, 2.05) is 0 Å². The summed E-state index contributed by atoms with van der Waals surface area (Å²) < 4.78 is 26.2. The summed E-state index contributed by atoms with van der Waals surface area (Å²) >= 11 is 6.06. The van der Waals surface area contributed by atoms with Crippen molar-refractivity contribution in [2.45, 2.75) is 17.8 Å². The number of ether oxygens (including phenoxy) is 2. The van der Waals surface area contributed by atoms with Crippen LogP contribution in [0, 0.1) is 5.92 Å². The molecule has 0 spiro atoms. The zero-order valence-electron chi connectivity index (χ0n) is 14.7. The van der Waals surface area contributed by atoms with Crippen LogP contribution in [-0.2, 0) is 24.7 Å². The molecular weight excluding hydrogens is 375 g/mol. The summed E-state index contributed by atoms with van der Waals surface area (Å²) in [7, 11) is 2.32. The van der Waals surface area contributed by atoms with Crippen LogP contribution in [0.25, 0.3) is 0 Å². The van der Waals surface area contributed by atoms with Gasteiger partial charge >= 0.3 is 11.9 Å². The zero-order valence-corrected chi connectivity index (χ0v) is 15.4. The second-order valence-electron chi connectivity index (χ2n) is 6.14. The number of methoxy groups -OCH3 is 2. The minimum atomic E-state index is -2.48. The molecule has 0 radical (unpaired) electrons.